The summed E-state index contributed by atoms with van der Waals surface area (Å²) >= 11 is 5.35. The van der Waals surface area contributed by atoms with Gasteiger partial charge in [-0.2, -0.15) is 10.1 Å². The highest BCUT2D eigenvalue weighted by molar-refractivity contribution is 7.80. The van der Waals surface area contributed by atoms with Gasteiger partial charge in [-0.1, -0.05) is 60.7 Å². The van der Waals surface area contributed by atoms with E-state index in [-0.39, 0.29) is 5.91 Å². The SMILES string of the molecule is CN1C(=S)N(/N=C\c2ccccc2)C(=O)[C@H]1c1ccccc1. The van der Waals surface area contributed by atoms with E-state index in [0.29, 0.717) is 5.11 Å². The normalized spacial score (nSPS) is 18.5. The zero-order chi connectivity index (χ0) is 15.5. The van der Waals surface area contributed by atoms with Gasteiger partial charge in [-0.05, 0) is 23.3 Å². The van der Waals surface area contributed by atoms with Crippen molar-refractivity contribution in [3.63, 3.8) is 0 Å². The van der Waals surface area contributed by atoms with Gasteiger partial charge in [-0.15, -0.1) is 0 Å². The Morgan fingerprint density at radius 1 is 1.05 bits per heavy atom. The number of amides is 1. The largest absolute Gasteiger partial charge is 0.334 e. The summed E-state index contributed by atoms with van der Waals surface area (Å²) in [5.74, 6) is -0.133. The van der Waals surface area contributed by atoms with Crippen LogP contribution in [0.25, 0.3) is 0 Å². The maximum Gasteiger partial charge on any atom is 0.276 e. The molecule has 0 aliphatic carbocycles. The Balaban J connectivity index is 1.86. The first-order valence-corrected chi connectivity index (χ1v) is 7.34. The van der Waals surface area contributed by atoms with Gasteiger partial charge in [0.1, 0.15) is 6.04 Å². The highest BCUT2D eigenvalue weighted by Gasteiger charge is 2.41. The van der Waals surface area contributed by atoms with Crippen molar-refractivity contribution >= 4 is 29.5 Å². The summed E-state index contributed by atoms with van der Waals surface area (Å²) in [6.07, 6.45) is 1.64. The molecule has 1 fully saturated rings. The molecule has 0 radical (unpaired) electrons. The molecule has 110 valence electrons. The van der Waals surface area contributed by atoms with E-state index in [1.54, 1.807) is 11.1 Å². The highest BCUT2D eigenvalue weighted by atomic mass is 32.1. The molecule has 0 saturated carbocycles. The van der Waals surface area contributed by atoms with Crippen LogP contribution in [0, 0.1) is 0 Å². The lowest BCUT2D eigenvalue weighted by Gasteiger charge is -2.17. The highest BCUT2D eigenvalue weighted by Crippen LogP contribution is 2.29. The first-order valence-electron chi connectivity index (χ1n) is 6.93. The molecule has 5 heteroatoms. The number of thiocarbonyl (C=S) groups is 1. The molecule has 1 saturated heterocycles. The average Bonchev–Trinajstić information content (AvgIpc) is 2.77. The lowest BCUT2D eigenvalue weighted by atomic mass is 10.1. The fourth-order valence-corrected chi connectivity index (χ4v) is 2.65. The zero-order valence-corrected chi connectivity index (χ0v) is 12.9. The summed E-state index contributed by atoms with van der Waals surface area (Å²) < 4.78 is 0. The fourth-order valence-electron chi connectivity index (χ4n) is 2.41. The maximum absolute atomic E-state index is 12.6. The van der Waals surface area contributed by atoms with Gasteiger partial charge in [0.25, 0.3) is 5.91 Å². The summed E-state index contributed by atoms with van der Waals surface area (Å²) in [6.45, 7) is 0. The van der Waals surface area contributed by atoms with Crippen molar-refractivity contribution in [1.29, 1.82) is 0 Å². The van der Waals surface area contributed by atoms with Crippen LogP contribution in [0.15, 0.2) is 65.8 Å². The van der Waals surface area contributed by atoms with Crippen LogP contribution < -0.4 is 0 Å². The maximum atomic E-state index is 12.6. The Morgan fingerprint density at radius 2 is 1.64 bits per heavy atom. The van der Waals surface area contributed by atoms with Crippen molar-refractivity contribution in [3.8, 4) is 0 Å². The quantitative estimate of drug-likeness (QED) is 0.646. The average molecular weight is 309 g/mol. The third-order valence-electron chi connectivity index (χ3n) is 3.55. The van der Waals surface area contributed by atoms with Gasteiger partial charge in [0.2, 0.25) is 5.11 Å². The first kappa shape index (κ1) is 14.4. The fraction of sp³-hybridized carbons (Fsp3) is 0.118. The van der Waals surface area contributed by atoms with Crippen molar-refractivity contribution in [3.05, 3.63) is 71.8 Å². The summed E-state index contributed by atoms with van der Waals surface area (Å²) in [6, 6.07) is 18.8. The van der Waals surface area contributed by atoms with Crippen molar-refractivity contribution < 1.29 is 4.79 Å². The Morgan fingerprint density at radius 3 is 2.27 bits per heavy atom. The summed E-state index contributed by atoms with van der Waals surface area (Å²) in [4.78, 5) is 14.4. The lowest BCUT2D eigenvalue weighted by Crippen LogP contribution is -2.26. The number of likely N-dealkylation sites (N-methyl/N-ethyl adjacent to an activating group) is 1. The van der Waals surface area contributed by atoms with E-state index in [9.17, 15) is 4.79 Å². The zero-order valence-electron chi connectivity index (χ0n) is 12.1. The van der Waals surface area contributed by atoms with Crippen LogP contribution in [0.3, 0.4) is 0 Å². The molecule has 0 unspecified atom stereocenters. The Labute approximate surface area is 134 Å². The minimum Gasteiger partial charge on any atom is -0.334 e. The monoisotopic (exact) mass is 309 g/mol. The molecule has 22 heavy (non-hydrogen) atoms. The van der Waals surface area contributed by atoms with Crippen LogP contribution in [-0.2, 0) is 4.79 Å². The number of hydrogen-bond acceptors (Lipinski definition) is 3. The van der Waals surface area contributed by atoms with E-state index in [0.717, 1.165) is 11.1 Å². The van der Waals surface area contributed by atoms with Crippen molar-refractivity contribution in [2.75, 3.05) is 7.05 Å². The molecule has 0 aromatic heterocycles. The third-order valence-corrected chi connectivity index (χ3v) is 4.01. The third kappa shape index (κ3) is 2.63. The van der Waals surface area contributed by atoms with E-state index < -0.39 is 6.04 Å². The number of carbonyl (C=O) groups excluding carboxylic acids is 1. The minimum absolute atomic E-state index is 0.133. The molecule has 0 spiro atoms. The molecular weight excluding hydrogens is 294 g/mol. The predicted octanol–water partition coefficient (Wildman–Crippen LogP) is 2.82. The Bertz CT molecular complexity index is 715. The molecule has 2 aromatic rings. The van der Waals surface area contributed by atoms with Crippen LogP contribution in [0.4, 0.5) is 0 Å². The van der Waals surface area contributed by atoms with Crippen LogP contribution in [0.5, 0.6) is 0 Å². The van der Waals surface area contributed by atoms with Gasteiger partial charge in [-0.3, -0.25) is 4.79 Å². The summed E-state index contributed by atoms with van der Waals surface area (Å²) in [7, 11) is 1.82. The van der Waals surface area contributed by atoms with E-state index in [1.165, 1.54) is 5.01 Å². The molecule has 1 aliphatic heterocycles. The van der Waals surface area contributed by atoms with Crippen LogP contribution in [-0.4, -0.2) is 34.2 Å². The van der Waals surface area contributed by atoms with E-state index in [2.05, 4.69) is 5.10 Å². The molecule has 0 N–H and O–H groups in total. The van der Waals surface area contributed by atoms with Gasteiger partial charge in [-0.25, -0.2) is 0 Å². The van der Waals surface area contributed by atoms with Gasteiger partial charge < -0.3 is 4.90 Å². The minimum atomic E-state index is -0.415. The van der Waals surface area contributed by atoms with Gasteiger partial charge in [0.05, 0.1) is 6.21 Å². The number of carbonyl (C=O) groups is 1. The molecule has 3 rings (SSSR count). The Hall–Kier alpha value is -2.53. The summed E-state index contributed by atoms with van der Waals surface area (Å²) in [5, 5.41) is 5.96. The van der Waals surface area contributed by atoms with Crippen LogP contribution in [0.2, 0.25) is 0 Å². The second-order valence-electron chi connectivity index (χ2n) is 5.01. The van der Waals surface area contributed by atoms with Crippen molar-refractivity contribution in [1.82, 2.24) is 9.91 Å². The molecule has 2 aromatic carbocycles. The topological polar surface area (TPSA) is 35.9 Å². The number of rotatable bonds is 3. The van der Waals surface area contributed by atoms with E-state index in [1.807, 2.05) is 67.7 Å². The van der Waals surface area contributed by atoms with Crippen LogP contribution in [0.1, 0.15) is 17.2 Å². The van der Waals surface area contributed by atoms with E-state index >= 15 is 0 Å². The number of hydrazone groups is 1. The molecule has 1 aliphatic rings. The number of hydrogen-bond donors (Lipinski definition) is 0. The number of benzene rings is 2. The van der Waals surface area contributed by atoms with Crippen LogP contribution >= 0.6 is 12.2 Å². The predicted molar refractivity (Wildman–Crippen MR) is 90.4 cm³/mol. The summed E-state index contributed by atoms with van der Waals surface area (Å²) in [5.41, 5.74) is 1.83. The number of nitrogens with zero attached hydrogens (tertiary/aromatic N) is 3. The van der Waals surface area contributed by atoms with Crippen molar-refractivity contribution in [2.45, 2.75) is 6.04 Å². The van der Waals surface area contributed by atoms with E-state index in [4.69, 9.17) is 12.2 Å². The molecule has 4 nitrogen and oxygen atoms in total. The van der Waals surface area contributed by atoms with Gasteiger partial charge in [0, 0.05) is 7.05 Å². The molecule has 0 bridgehead atoms. The van der Waals surface area contributed by atoms with Crippen molar-refractivity contribution in [2.24, 2.45) is 5.10 Å². The second kappa shape index (κ2) is 6.07. The second-order valence-corrected chi connectivity index (χ2v) is 5.38. The Kier molecular flexibility index (Phi) is 3.98. The molecule has 1 amide bonds. The molecule has 1 heterocycles. The van der Waals surface area contributed by atoms with Gasteiger partial charge in [0.15, 0.2) is 0 Å². The lowest BCUT2D eigenvalue weighted by molar-refractivity contribution is -0.128. The molecule has 1 atom stereocenters. The smallest absolute Gasteiger partial charge is 0.276 e. The first-order chi connectivity index (χ1) is 10.7. The van der Waals surface area contributed by atoms with Gasteiger partial charge >= 0.3 is 0 Å². The molecular formula is C17H15N3OS. The standard InChI is InChI=1S/C17H15N3OS/c1-19-15(14-10-6-3-7-11-14)16(21)20(17(19)22)18-12-13-8-4-2-5-9-13/h2-12,15H,1H3/b18-12-/t15-/m1/s1.